The van der Waals surface area contributed by atoms with Gasteiger partial charge in [0.15, 0.2) is 0 Å². The second-order valence-corrected chi connectivity index (χ2v) is 19.1. The van der Waals surface area contributed by atoms with Crippen LogP contribution in [-0.2, 0) is 52.4 Å². The molecule has 5 aromatic rings. The second kappa shape index (κ2) is 26.5. The van der Waals surface area contributed by atoms with Gasteiger partial charge in [-0.2, -0.15) is 35.0 Å². The summed E-state index contributed by atoms with van der Waals surface area (Å²) in [5, 5.41) is 5.32. The quantitative estimate of drug-likeness (QED) is 0.178. The summed E-state index contributed by atoms with van der Waals surface area (Å²) < 4.78 is 0. The fraction of sp³-hybridized carbons (Fsp3) is 0.156. The third-order valence-corrected chi connectivity index (χ3v) is 11.4. The number of halogens is 4. The molecule has 4 aliphatic rings. The van der Waals surface area contributed by atoms with Crippen LogP contribution in [0.2, 0.25) is 26.2 Å². The zero-order chi connectivity index (χ0) is 34.2. The van der Waals surface area contributed by atoms with Crippen molar-refractivity contribution in [2.45, 2.75) is 39.2 Å². The van der Waals surface area contributed by atoms with Gasteiger partial charge in [0, 0.05) is 38.9 Å². The van der Waals surface area contributed by atoms with Gasteiger partial charge in [-0.3, -0.25) is 0 Å². The molecule has 1 atom stereocenters. The molecule has 0 bridgehead atoms. The number of para-hydroxylation sites is 1. The van der Waals surface area contributed by atoms with E-state index in [4.69, 9.17) is 0 Å². The standard InChI is InChI=1S/C17H19NSi.C10H12SSi.2C9H7.4ClH.2Zr/c1-13-9-14-11-16(12-19(2)3)18(17(14)10-13)15-7-5-4-6-8-15;1-12(2)7-8-5-9-3-4-11-10(9)6-8;2*1-2-5-9-7-3-6-8(9)4-1;;;;;;/h4-12,16H,1-3H3;3,5-7H,4H2,1-2H3;2*1-7H;4*1H;;/q;;2*-1;;;;;2*+4/p-4. The summed E-state index contributed by atoms with van der Waals surface area (Å²) in [5.74, 6) is 1.17. The maximum Gasteiger partial charge on any atom is 4.00 e. The van der Waals surface area contributed by atoms with Gasteiger partial charge in [-0.15, -0.1) is 71.1 Å². The third-order valence-electron chi connectivity index (χ3n) is 8.49. The van der Waals surface area contributed by atoms with Crippen molar-refractivity contribution in [1.82, 2.24) is 0 Å². The minimum Gasteiger partial charge on any atom is -1.00 e. The van der Waals surface area contributed by atoms with Crippen molar-refractivity contribution < 1.29 is 102 Å². The molecule has 5 aromatic carbocycles. The van der Waals surface area contributed by atoms with E-state index < -0.39 is 0 Å². The van der Waals surface area contributed by atoms with Gasteiger partial charge in [-0.1, -0.05) is 80.0 Å². The third kappa shape index (κ3) is 15.0. The van der Waals surface area contributed by atoms with Crippen LogP contribution in [0.3, 0.4) is 0 Å². The molecule has 2 aliphatic carbocycles. The molecule has 0 saturated heterocycles. The minimum atomic E-state index is -0.360. The van der Waals surface area contributed by atoms with Crippen molar-refractivity contribution >= 4 is 67.2 Å². The molecule has 0 aromatic heterocycles. The number of hydrogen-bond acceptors (Lipinski definition) is 2. The van der Waals surface area contributed by atoms with Gasteiger partial charge in [0.25, 0.3) is 0 Å². The fourth-order valence-corrected chi connectivity index (χ4v) is 9.11. The predicted molar refractivity (Wildman–Crippen MR) is 226 cm³/mol. The van der Waals surface area contributed by atoms with Crippen LogP contribution in [0.4, 0.5) is 5.69 Å². The Morgan fingerprint density at radius 1 is 0.655 bits per heavy atom. The van der Waals surface area contributed by atoms with E-state index in [1.165, 1.54) is 65.9 Å². The Bertz CT molecular complexity index is 2080. The van der Waals surface area contributed by atoms with E-state index in [-0.39, 0.29) is 119 Å². The normalized spacial score (nSPS) is 14.8. The SMILES string of the molecule is CC1=CC2=CC(C=[Si](C)C)N(c3ccccc3)C2=C1.C[Si](C)=CC1=CC2=CCSC2=C1.[Cl-].[Cl-].[Cl-].[Cl-].[Zr+4].[Zr+4].c1ccc2[cH-]ccc2c1.c1ccc2[cH-]ccc2c1. The molecule has 0 N–H and O–H groups in total. The molecule has 2 heterocycles. The maximum atomic E-state index is 2.51. The van der Waals surface area contributed by atoms with Crippen LogP contribution in [0.5, 0.6) is 0 Å². The maximum absolute atomic E-state index is 2.51. The van der Waals surface area contributed by atoms with Crippen molar-refractivity contribution in [3.63, 3.8) is 0 Å². The van der Waals surface area contributed by atoms with E-state index in [0.717, 1.165) is 0 Å². The van der Waals surface area contributed by atoms with Crippen LogP contribution in [0, 0.1) is 0 Å². The molecule has 0 saturated carbocycles. The number of nitrogens with zero attached hydrogens (tertiary/aromatic N) is 1. The molecule has 55 heavy (non-hydrogen) atoms. The van der Waals surface area contributed by atoms with E-state index in [1.807, 2.05) is 11.8 Å². The summed E-state index contributed by atoms with van der Waals surface area (Å²) in [6.45, 7) is 11.5. The van der Waals surface area contributed by atoms with E-state index in [9.17, 15) is 0 Å². The minimum absolute atomic E-state index is 0. The molecule has 0 fully saturated rings. The van der Waals surface area contributed by atoms with Gasteiger partial charge in [0.1, 0.15) is 0 Å². The number of hydrogen-bond donors (Lipinski definition) is 0. The Hall–Kier alpha value is -1.43. The average Bonchev–Trinajstić information content (AvgIpc) is 3.93. The van der Waals surface area contributed by atoms with Crippen molar-refractivity contribution in [2.75, 3.05) is 10.7 Å². The Morgan fingerprint density at radius 3 is 1.75 bits per heavy atom. The number of allylic oxidation sites excluding steroid dienone is 7. The first-order valence-electron chi connectivity index (χ1n) is 17.1. The van der Waals surface area contributed by atoms with E-state index >= 15 is 0 Å². The zero-order valence-electron chi connectivity index (χ0n) is 31.7. The van der Waals surface area contributed by atoms with Crippen LogP contribution < -0.4 is 54.5 Å². The van der Waals surface area contributed by atoms with Gasteiger partial charge in [-0.05, 0) is 65.7 Å². The van der Waals surface area contributed by atoms with E-state index in [0.29, 0.717) is 6.04 Å². The van der Waals surface area contributed by atoms with Gasteiger partial charge in [-0.25, -0.2) is 0 Å². The Labute approximate surface area is 399 Å². The first kappa shape index (κ1) is 53.6. The van der Waals surface area contributed by atoms with E-state index in [1.54, 1.807) is 0 Å². The summed E-state index contributed by atoms with van der Waals surface area (Å²) in [6, 6.07) is 40.5. The molecule has 10 heteroatoms. The molecule has 1 unspecified atom stereocenters. The number of benzene rings is 3. The second-order valence-electron chi connectivity index (χ2n) is 13.1. The van der Waals surface area contributed by atoms with Gasteiger partial charge >= 0.3 is 52.4 Å². The van der Waals surface area contributed by atoms with Crippen LogP contribution in [0.25, 0.3) is 21.5 Å². The van der Waals surface area contributed by atoms with Crippen molar-refractivity contribution in [3.05, 3.63) is 185 Å². The molecule has 1 nitrogen and oxygen atoms in total. The van der Waals surface area contributed by atoms with Crippen molar-refractivity contribution in [1.29, 1.82) is 0 Å². The molecule has 0 amide bonds. The first-order chi connectivity index (χ1) is 23.8. The molecule has 278 valence electrons. The fourth-order valence-electron chi connectivity index (χ4n) is 6.37. The molecule has 0 radical (unpaired) electrons. The largest absolute Gasteiger partial charge is 4.00 e. The summed E-state index contributed by atoms with van der Waals surface area (Å²) in [5.41, 5.74) is 13.2. The van der Waals surface area contributed by atoms with Gasteiger partial charge in [0.2, 0.25) is 0 Å². The van der Waals surface area contributed by atoms with Crippen molar-refractivity contribution in [2.24, 2.45) is 0 Å². The number of anilines is 1. The predicted octanol–water partition coefficient (Wildman–Crippen LogP) is -0.466. The van der Waals surface area contributed by atoms with Crippen LogP contribution >= 0.6 is 11.8 Å². The summed E-state index contributed by atoms with van der Waals surface area (Å²) >= 11 is 1.95. The van der Waals surface area contributed by atoms with Gasteiger partial charge < -0.3 is 54.5 Å². The number of thioether (sulfide) groups is 1. The summed E-state index contributed by atoms with van der Waals surface area (Å²) in [7, 11) is -0.582. The Morgan fingerprint density at radius 2 is 1.22 bits per heavy atom. The topological polar surface area (TPSA) is 3.24 Å². The summed E-state index contributed by atoms with van der Waals surface area (Å²) in [6.07, 6.45) is 13.9. The zero-order valence-corrected chi connectivity index (χ0v) is 42.5. The Kier molecular flexibility index (Phi) is 25.9. The van der Waals surface area contributed by atoms with Crippen LogP contribution in [0.1, 0.15) is 6.92 Å². The number of fused-ring (bicyclic) bond motifs is 4. The smallest absolute Gasteiger partial charge is 1.00 e. The molecule has 2 aliphatic heterocycles. The first-order valence-corrected chi connectivity index (χ1v) is 23.2. The van der Waals surface area contributed by atoms with Crippen LogP contribution in [0.15, 0.2) is 185 Å². The Balaban J connectivity index is 0.000000713. The van der Waals surface area contributed by atoms with E-state index in [2.05, 4.69) is 201 Å². The number of rotatable bonds is 3. The monoisotopic (exact) mass is 1010 g/mol. The summed E-state index contributed by atoms with van der Waals surface area (Å²) in [4.78, 5) is 3.93. The molecular formula is C45H45Cl4NSSi2Zr2+2. The molecular weight excluding hydrogens is 967 g/mol. The average molecular weight is 1010 g/mol. The molecule has 9 rings (SSSR count). The molecule has 0 spiro atoms. The van der Waals surface area contributed by atoms with Crippen molar-refractivity contribution in [3.8, 4) is 0 Å². The van der Waals surface area contributed by atoms with Crippen LogP contribution in [-0.4, -0.2) is 40.0 Å². The van der Waals surface area contributed by atoms with Gasteiger partial charge in [0.05, 0.1) is 6.04 Å².